The standard InChI is InChI=1S/C13H17N3O2S/c1-2-7-16(12-4-5-12)19(17,18)13-6-3-11(15)8-10(13)9-14/h3,6,8,12H,2,4-5,7,15H2,1H3. The predicted molar refractivity (Wildman–Crippen MR) is 72.8 cm³/mol. The summed E-state index contributed by atoms with van der Waals surface area (Å²) in [5, 5.41) is 9.08. The first kappa shape index (κ1) is 13.8. The van der Waals surface area contributed by atoms with Crippen LogP contribution in [0, 0.1) is 11.3 Å². The van der Waals surface area contributed by atoms with Crippen molar-refractivity contribution in [3.8, 4) is 6.07 Å². The summed E-state index contributed by atoms with van der Waals surface area (Å²) in [7, 11) is -3.60. The predicted octanol–water partition coefficient (Wildman–Crippen LogP) is 1.70. The van der Waals surface area contributed by atoms with E-state index in [1.807, 2.05) is 13.0 Å². The molecule has 0 aliphatic heterocycles. The topological polar surface area (TPSA) is 87.2 Å². The second kappa shape index (κ2) is 5.19. The largest absolute Gasteiger partial charge is 0.399 e. The molecule has 2 rings (SSSR count). The first-order valence-electron chi connectivity index (χ1n) is 6.32. The quantitative estimate of drug-likeness (QED) is 0.831. The average Bonchev–Trinajstić information content (AvgIpc) is 3.19. The Balaban J connectivity index is 2.46. The molecule has 0 spiro atoms. The third-order valence-electron chi connectivity index (χ3n) is 3.11. The Kier molecular flexibility index (Phi) is 3.78. The highest BCUT2D eigenvalue weighted by Gasteiger charge is 2.38. The first-order chi connectivity index (χ1) is 9.00. The summed E-state index contributed by atoms with van der Waals surface area (Å²) in [6.07, 6.45) is 2.55. The van der Waals surface area contributed by atoms with Crippen LogP contribution in [-0.2, 0) is 10.0 Å². The molecular weight excluding hydrogens is 262 g/mol. The van der Waals surface area contributed by atoms with Crippen molar-refractivity contribution < 1.29 is 8.42 Å². The lowest BCUT2D eigenvalue weighted by Gasteiger charge is -2.21. The van der Waals surface area contributed by atoms with E-state index in [9.17, 15) is 8.42 Å². The Morgan fingerprint density at radius 3 is 2.68 bits per heavy atom. The maximum Gasteiger partial charge on any atom is 0.244 e. The summed E-state index contributed by atoms with van der Waals surface area (Å²) in [6.45, 7) is 2.43. The van der Waals surface area contributed by atoms with Gasteiger partial charge in [0.05, 0.1) is 5.56 Å². The maximum atomic E-state index is 12.6. The molecule has 0 radical (unpaired) electrons. The van der Waals surface area contributed by atoms with Gasteiger partial charge in [-0.15, -0.1) is 0 Å². The van der Waals surface area contributed by atoms with Crippen LogP contribution in [-0.4, -0.2) is 25.3 Å². The van der Waals surface area contributed by atoms with Gasteiger partial charge in [-0.05, 0) is 37.5 Å². The van der Waals surface area contributed by atoms with Gasteiger partial charge in [-0.3, -0.25) is 0 Å². The van der Waals surface area contributed by atoms with Crippen LogP contribution in [0.4, 0.5) is 5.69 Å². The zero-order valence-electron chi connectivity index (χ0n) is 10.8. The van der Waals surface area contributed by atoms with E-state index < -0.39 is 10.0 Å². The fourth-order valence-electron chi connectivity index (χ4n) is 2.07. The Labute approximate surface area is 113 Å². The van der Waals surface area contributed by atoms with Crippen LogP contribution in [0.3, 0.4) is 0 Å². The number of hydrogen-bond donors (Lipinski definition) is 1. The van der Waals surface area contributed by atoms with E-state index in [1.165, 1.54) is 22.5 Å². The van der Waals surface area contributed by atoms with Crippen LogP contribution in [0.5, 0.6) is 0 Å². The molecule has 1 aliphatic carbocycles. The first-order valence-corrected chi connectivity index (χ1v) is 7.76. The highest BCUT2D eigenvalue weighted by molar-refractivity contribution is 7.89. The smallest absolute Gasteiger partial charge is 0.244 e. The van der Waals surface area contributed by atoms with Crippen molar-refractivity contribution in [1.29, 1.82) is 5.26 Å². The Bertz CT molecular complexity index is 615. The van der Waals surface area contributed by atoms with Crippen LogP contribution in [0.1, 0.15) is 31.7 Å². The molecule has 5 nitrogen and oxygen atoms in total. The third kappa shape index (κ3) is 2.72. The molecule has 1 saturated carbocycles. The van der Waals surface area contributed by atoms with Crippen molar-refractivity contribution >= 4 is 15.7 Å². The molecule has 0 heterocycles. The Hall–Kier alpha value is -1.58. The minimum Gasteiger partial charge on any atom is -0.399 e. The lowest BCUT2D eigenvalue weighted by Crippen LogP contribution is -2.34. The molecule has 2 N–H and O–H groups in total. The molecule has 1 aromatic carbocycles. The van der Waals surface area contributed by atoms with Crippen molar-refractivity contribution in [1.82, 2.24) is 4.31 Å². The van der Waals surface area contributed by atoms with Gasteiger partial charge in [0.25, 0.3) is 0 Å². The molecule has 0 atom stereocenters. The van der Waals surface area contributed by atoms with Crippen molar-refractivity contribution in [2.24, 2.45) is 0 Å². The van der Waals surface area contributed by atoms with Gasteiger partial charge in [0.15, 0.2) is 0 Å². The van der Waals surface area contributed by atoms with Gasteiger partial charge in [0.2, 0.25) is 10.0 Å². The Morgan fingerprint density at radius 2 is 2.16 bits per heavy atom. The number of nitrogens with zero attached hydrogens (tertiary/aromatic N) is 2. The summed E-state index contributed by atoms with van der Waals surface area (Å²) >= 11 is 0. The lowest BCUT2D eigenvalue weighted by molar-refractivity contribution is 0.403. The molecular formula is C13H17N3O2S. The minimum absolute atomic E-state index is 0.0598. The molecule has 1 fully saturated rings. The van der Waals surface area contributed by atoms with Crippen molar-refractivity contribution in [2.45, 2.75) is 37.1 Å². The SMILES string of the molecule is CCCN(C1CC1)S(=O)(=O)c1ccc(N)cc1C#N. The van der Waals surface area contributed by atoms with Gasteiger partial charge in [-0.1, -0.05) is 6.92 Å². The van der Waals surface area contributed by atoms with E-state index in [4.69, 9.17) is 11.0 Å². The van der Waals surface area contributed by atoms with Crippen LogP contribution in [0.2, 0.25) is 0 Å². The van der Waals surface area contributed by atoms with E-state index in [1.54, 1.807) is 0 Å². The summed E-state index contributed by atoms with van der Waals surface area (Å²) in [5.41, 5.74) is 6.10. The normalized spacial score (nSPS) is 15.4. The molecule has 0 amide bonds. The molecule has 6 heteroatoms. The highest BCUT2D eigenvalue weighted by atomic mass is 32.2. The summed E-state index contributed by atoms with van der Waals surface area (Å²) in [5.74, 6) is 0. The monoisotopic (exact) mass is 279 g/mol. The van der Waals surface area contributed by atoms with E-state index in [0.717, 1.165) is 19.3 Å². The number of hydrogen-bond acceptors (Lipinski definition) is 4. The number of benzene rings is 1. The van der Waals surface area contributed by atoms with Crippen molar-refractivity contribution in [2.75, 3.05) is 12.3 Å². The summed E-state index contributed by atoms with van der Waals surface area (Å²) < 4.78 is 26.8. The average molecular weight is 279 g/mol. The fraction of sp³-hybridized carbons (Fsp3) is 0.462. The highest BCUT2D eigenvalue weighted by Crippen LogP contribution is 2.33. The minimum atomic E-state index is -3.60. The third-order valence-corrected chi connectivity index (χ3v) is 5.12. The molecule has 19 heavy (non-hydrogen) atoms. The molecule has 1 aliphatic rings. The van der Waals surface area contributed by atoms with Crippen LogP contribution in [0.25, 0.3) is 0 Å². The number of nitrogens with two attached hydrogens (primary N) is 1. The molecule has 102 valence electrons. The van der Waals surface area contributed by atoms with E-state index in [-0.39, 0.29) is 16.5 Å². The van der Waals surface area contributed by atoms with Crippen molar-refractivity contribution in [3.63, 3.8) is 0 Å². The summed E-state index contributed by atoms with van der Waals surface area (Å²) in [6, 6.07) is 6.35. The van der Waals surface area contributed by atoms with Gasteiger partial charge in [-0.25, -0.2) is 8.42 Å². The van der Waals surface area contributed by atoms with E-state index in [0.29, 0.717) is 12.2 Å². The van der Waals surface area contributed by atoms with Crippen molar-refractivity contribution in [3.05, 3.63) is 23.8 Å². The fourth-order valence-corrected chi connectivity index (χ4v) is 3.97. The van der Waals surface area contributed by atoms with Gasteiger partial charge >= 0.3 is 0 Å². The summed E-state index contributed by atoms with van der Waals surface area (Å²) in [4.78, 5) is 0.0598. The van der Waals surface area contributed by atoms with Gasteiger partial charge < -0.3 is 5.73 Å². The number of anilines is 1. The van der Waals surface area contributed by atoms with Crippen LogP contribution >= 0.6 is 0 Å². The molecule has 0 unspecified atom stereocenters. The second-order valence-corrected chi connectivity index (χ2v) is 6.57. The molecule has 0 bridgehead atoms. The van der Waals surface area contributed by atoms with Gasteiger partial charge in [0, 0.05) is 18.3 Å². The number of nitriles is 1. The maximum absolute atomic E-state index is 12.6. The Morgan fingerprint density at radius 1 is 1.47 bits per heavy atom. The number of nitrogen functional groups attached to an aromatic ring is 1. The molecule has 0 aromatic heterocycles. The zero-order chi connectivity index (χ0) is 14.0. The number of rotatable bonds is 5. The second-order valence-electron chi connectivity index (χ2n) is 4.71. The lowest BCUT2D eigenvalue weighted by atomic mass is 10.2. The van der Waals surface area contributed by atoms with Gasteiger partial charge in [-0.2, -0.15) is 9.57 Å². The van der Waals surface area contributed by atoms with Crippen LogP contribution in [0.15, 0.2) is 23.1 Å². The van der Waals surface area contributed by atoms with Crippen LogP contribution < -0.4 is 5.73 Å². The van der Waals surface area contributed by atoms with E-state index in [2.05, 4.69) is 0 Å². The van der Waals surface area contributed by atoms with Gasteiger partial charge in [0.1, 0.15) is 11.0 Å². The molecule has 0 saturated heterocycles. The number of sulfonamides is 1. The molecule has 1 aromatic rings. The zero-order valence-corrected chi connectivity index (χ0v) is 11.7. The van der Waals surface area contributed by atoms with E-state index >= 15 is 0 Å².